The van der Waals surface area contributed by atoms with Gasteiger partial charge in [-0.2, -0.15) is 8.78 Å². The SMILES string of the molecule is CN(Cc1nccn1C(F)F)C(=O)C1CCCO1. The maximum atomic E-state index is 12.6. The van der Waals surface area contributed by atoms with Gasteiger partial charge in [0.2, 0.25) is 0 Å². The molecule has 1 aromatic rings. The second-order valence-corrected chi connectivity index (χ2v) is 4.22. The summed E-state index contributed by atoms with van der Waals surface area (Å²) in [5, 5.41) is 0. The Bertz CT molecular complexity index is 416. The number of halogens is 2. The lowest BCUT2D eigenvalue weighted by Gasteiger charge is -2.20. The standard InChI is InChI=1S/C11H15F2N3O2/c1-15(10(17)8-3-2-6-18-8)7-9-14-4-5-16(9)11(12)13/h4-5,8,11H,2-3,6-7H2,1H3. The van der Waals surface area contributed by atoms with Crippen molar-refractivity contribution >= 4 is 5.91 Å². The number of likely N-dealkylation sites (N-methyl/N-ethyl adjacent to an activating group) is 1. The molecule has 1 unspecified atom stereocenters. The van der Waals surface area contributed by atoms with Gasteiger partial charge in [0.25, 0.3) is 5.91 Å². The predicted molar refractivity (Wildman–Crippen MR) is 58.9 cm³/mol. The van der Waals surface area contributed by atoms with Crippen LogP contribution in [-0.2, 0) is 16.1 Å². The van der Waals surface area contributed by atoms with Crippen molar-refractivity contribution in [1.82, 2.24) is 14.5 Å². The van der Waals surface area contributed by atoms with Crippen LogP contribution in [0.15, 0.2) is 12.4 Å². The molecule has 18 heavy (non-hydrogen) atoms. The minimum atomic E-state index is -2.64. The summed E-state index contributed by atoms with van der Waals surface area (Å²) in [6.07, 6.45) is 3.60. The van der Waals surface area contributed by atoms with E-state index in [9.17, 15) is 13.6 Å². The van der Waals surface area contributed by atoms with E-state index in [1.807, 2.05) is 0 Å². The molecule has 1 saturated heterocycles. The molecule has 1 fully saturated rings. The van der Waals surface area contributed by atoms with Crippen LogP contribution in [0.4, 0.5) is 8.78 Å². The molecule has 1 aromatic heterocycles. The minimum Gasteiger partial charge on any atom is -0.368 e. The third kappa shape index (κ3) is 2.66. The number of amides is 1. The van der Waals surface area contributed by atoms with Gasteiger partial charge in [0.15, 0.2) is 0 Å². The van der Waals surface area contributed by atoms with Gasteiger partial charge in [-0.15, -0.1) is 0 Å². The molecular weight excluding hydrogens is 244 g/mol. The zero-order valence-corrected chi connectivity index (χ0v) is 10.1. The van der Waals surface area contributed by atoms with Crippen molar-refractivity contribution < 1.29 is 18.3 Å². The van der Waals surface area contributed by atoms with Crippen LogP contribution in [0.1, 0.15) is 25.2 Å². The quantitative estimate of drug-likeness (QED) is 0.821. The summed E-state index contributed by atoms with van der Waals surface area (Å²) in [5.74, 6) is -0.0184. The Hall–Kier alpha value is -1.50. The van der Waals surface area contributed by atoms with Crippen molar-refractivity contribution in [2.45, 2.75) is 32.0 Å². The van der Waals surface area contributed by atoms with Crippen molar-refractivity contribution in [1.29, 1.82) is 0 Å². The van der Waals surface area contributed by atoms with Gasteiger partial charge in [-0.1, -0.05) is 0 Å². The molecule has 0 bridgehead atoms. The van der Waals surface area contributed by atoms with Crippen LogP contribution >= 0.6 is 0 Å². The van der Waals surface area contributed by atoms with E-state index in [1.165, 1.54) is 17.3 Å². The first-order valence-electron chi connectivity index (χ1n) is 5.76. The molecule has 2 rings (SSSR count). The highest BCUT2D eigenvalue weighted by molar-refractivity contribution is 5.80. The largest absolute Gasteiger partial charge is 0.368 e. The van der Waals surface area contributed by atoms with Gasteiger partial charge in [-0.3, -0.25) is 9.36 Å². The highest BCUT2D eigenvalue weighted by Gasteiger charge is 2.27. The Labute approximate surface area is 103 Å². The van der Waals surface area contributed by atoms with Gasteiger partial charge in [-0.25, -0.2) is 4.98 Å². The fourth-order valence-corrected chi connectivity index (χ4v) is 1.95. The third-order valence-electron chi connectivity index (χ3n) is 2.92. The fraction of sp³-hybridized carbons (Fsp3) is 0.636. The van der Waals surface area contributed by atoms with Crippen LogP contribution in [0.3, 0.4) is 0 Å². The Balaban J connectivity index is 1.99. The molecule has 0 aliphatic carbocycles. The third-order valence-corrected chi connectivity index (χ3v) is 2.92. The first kappa shape index (κ1) is 12.9. The average molecular weight is 259 g/mol. The maximum absolute atomic E-state index is 12.6. The summed E-state index contributed by atoms with van der Waals surface area (Å²) in [4.78, 5) is 17.1. The zero-order chi connectivity index (χ0) is 13.1. The maximum Gasteiger partial charge on any atom is 0.319 e. The monoisotopic (exact) mass is 259 g/mol. The second-order valence-electron chi connectivity index (χ2n) is 4.22. The van der Waals surface area contributed by atoms with E-state index in [-0.39, 0.29) is 18.3 Å². The van der Waals surface area contributed by atoms with Gasteiger partial charge < -0.3 is 9.64 Å². The number of carbonyl (C=O) groups is 1. The van der Waals surface area contributed by atoms with Gasteiger partial charge in [0.1, 0.15) is 11.9 Å². The number of aromatic nitrogens is 2. The number of imidazole rings is 1. The van der Waals surface area contributed by atoms with E-state index in [4.69, 9.17) is 4.74 Å². The van der Waals surface area contributed by atoms with Crippen molar-refractivity contribution in [3.63, 3.8) is 0 Å². The number of nitrogens with zero attached hydrogens (tertiary/aromatic N) is 3. The molecule has 0 spiro atoms. The molecule has 100 valence electrons. The lowest BCUT2D eigenvalue weighted by Crippen LogP contribution is -2.36. The lowest BCUT2D eigenvalue weighted by atomic mass is 10.2. The Morgan fingerprint density at radius 2 is 2.50 bits per heavy atom. The molecule has 7 heteroatoms. The Morgan fingerprint density at radius 1 is 1.72 bits per heavy atom. The summed E-state index contributed by atoms with van der Waals surface area (Å²) in [6.45, 7) is -2.01. The van der Waals surface area contributed by atoms with Crippen LogP contribution in [0.5, 0.6) is 0 Å². The van der Waals surface area contributed by atoms with Crippen LogP contribution in [0, 0.1) is 0 Å². The van der Waals surface area contributed by atoms with Gasteiger partial charge in [0.05, 0.1) is 6.54 Å². The molecule has 2 heterocycles. The lowest BCUT2D eigenvalue weighted by molar-refractivity contribution is -0.140. The number of ether oxygens (including phenoxy) is 1. The molecular formula is C11H15F2N3O2. The number of hydrogen-bond acceptors (Lipinski definition) is 3. The summed E-state index contributed by atoms with van der Waals surface area (Å²) in [5.41, 5.74) is 0. The molecule has 1 amide bonds. The molecule has 0 N–H and O–H groups in total. The molecule has 0 saturated carbocycles. The molecule has 1 aliphatic heterocycles. The number of alkyl halides is 2. The highest BCUT2D eigenvalue weighted by atomic mass is 19.3. The van der Waals surface area contributed by atoms with Crippen molar-refractivity contribution in [3.8, 4) is 0 Å². The van der Waals surface area contributed by atoms with E-state index in [0.29, 0.717) is 13.0 Å². The number of hydrogen-bond donors (Lipinski definition) is 0. The second kappa shape index (κ2) is 5.43. The van der Waals surface area contributed by atoms with E-state index >= 15 is 0 Å². The summed E-state index contributed by atoms with van der Waals surface area (Å²) in [7, 11) is 1.56. The van der Waals surface area contributed by atoms with E-state index in [1.54, 1.807) is 7.05 Å². The first-order valence-corrected chi connectivity index (χ1v) is 5.76. The smallest absolute Gasteiger partial charge is 0.319 e. The number of rotatable bonds is 4. The number of carbonyl (C=O) groups excluding carboxylic acids is 1. The topological polar surface area (TPSA) is 47.4 Å². The Morgan fingerprint density at radius 3 is 3.11 bits per heavy atom. The molecule has 0 radical (unpaired) electrons. The van der Waals surface area contributed by atoms with E-state index < -0.39 is 12.7 Å². The average Bonchev–Trinajstić information content (AvgIpc) is 2.98. The normalized spacial score (nSPS) is 19.4. The van der Waals surface area contributed by atoms with E-state index in [2.05, 4.69) is 4.98 Å². The van der Waals surface area contributed by atoms with Crippen LogP contribution < -0.4 is 0 Å². The predicted octanol–water partition coefficient (Wildman–Crippen LogP) is 1.42. The molecule has 0 aromatic carbocycles. The first-order chi connectivity index (χ1) is 8.59. The van der Waals surface area contributed by atoms with Crippen LogP contribution in [0.2, 0.25) is 0 Å². The summed E-state index contributed by atoms with van der Waals surface area (Å²) < 4.78 is 31.2. The van der Waals surface area contributed by atoms with Crippen molar-refractivity contribution in [2.75, 3.05) is 13.7 Å². The summed E-state index contributed by atoms with van der Waals surface area (Å²) in [6, 6.07) is 0. The van der Waals surface area contributed by atoms with Crippen LogP contribution in [-0.4, -0.2) is 40.1 Å². The Kier molecular flexibility index (Phi) is 3.90. The van der Waals surface area contributed by atoms with Gasteiger partial charge in [-0.05, 0) is 12.8 Å². The fourth-order valence-electron chi connectivity index (χ4n) is 1.95. The molecule has 1 atom stereocenters. The van der Waals surface area contributed by atoms with Gasteiger partial charge >= 0.3 is 6.55 Å². The van der Waals surface area contributed by atoms with Crippen LogP contribution in [0.25, 0.3) is 0 Å². The van der Waals surface area contributed by atoms with Crippen molar-refractivity contribution in [2.24, 2.45) is 0 Å². The van der Waals surface area contributed by atoms with Crippen molar-refractivity contribution in [3.05, 3.63) is 18.2 Å². The zero-order valence-electron chi connectivity index (χ0n) is 10.1. The minimum absolute atomic E-state index is 0.0516. The van der Waals surface area contributed by atoms with E-state index in [0.717, 1.165) is 11.0 Å². The molecule has 5 nitrogen and oxygen atoms in total. The van der Waals surface area contributed by atoms with Gasteiger partial charge in [0, 0.05) is 26.0 Å². The highest BCUT2D eigenvalue weighted by Crippen LogP contribution is 2.17. The summed E-state index contributed by atoms with van der Waals surface area (Å²) >= 11 is 0. The molecule has 1 aliphatic rings.